The Labute approximate surface area is 108 Å². The number of carbonyl (C=O) groups is 1. The van der Waals surface area contributed by atoms with Crippen LogP contribution in [0.2, 0.25) is 0 Å². The third-order valence-corrected chi connectivity index (χ3v) is 3.77. The molecule has 1 aliphatic rings. The Morgan fingerprint density at radius 2 is 2.35 bits per heavy atom. The number of rotatable bonds is 2. The Kier molecular flexibility index (Phi) is 3.30. The van der Waals surface area contributed by atoms with Gasteiger partial charge in [0.25, 0.3) is 5.92 Å². The first-order chi connectivity index (χ1) is 7.88. The number of nitrogens with zero attached hydrogens (tertiary/aromatic N) is 3. The summed E-state index contributed by atoms with van der Waals surface area (Å²) in [6, 6.07) is -1.18. The van der Waals surface area contributed by atoms with E-state index in [1.165, 1.54) is 23.2 Å². The number of nitrogens with one attached hydrogen (secondary N) is 1. The van der Waals surface area contributed by atoms with Gasteiger partial charge in [-0.15, -0.1) is 10.2 Å². The van der Waals surface area contributed by atoms with Gasteiger partial charge in [-0.2, -0.15) is 0 Å². The van der Waals surface area contributed by atoms with Gasteiger partial charge in [0.1, 0.15) is 6.04 Å². The van der Waals surface area contributed by atoms with Crippen molar-refractivity contribution in [3.8, 4) is 0 Å². The summed E-state index contributed by atoms with van der Waals surface area (Å²) in [7, 11) is 0. The van der Waals surface area contributed by atoms with E-state index in [1.54, 1.807) is 0 Å². The lowest BCUT2D eigenvalue weighted by molar-refractivity contribution is -0.122. The number of halogens is 3. The van der Waals surface area contributed by atoms with Crippen LogP contribution in [0.3, 0.4) is 0 Å². The molecule has 1 aliphatic heterocycles. The summed E-state index contributed by atoms with van der Waals surface area (Å²) < 4.78 is 27.7. The van der Waals surface area contributed by atoms with Gasteiger partial charge in [0.05, 0.1) is 6.54 Å². The fourth-order valence-electron chi connectivity index (χ4n) is 1.65. The zero-order valence-corrected chi connectivity index (χ0v) is 11.2. The Morgan fingerprint density at radius 1 is 1.65 bits per heavy atom. The SMILES string of the molecule is CC(=O)NC1CN(c2nnc(Br)s2)CC1(F)F. The Balaban J connectivity index is 2.12. The van der Waals surface area contributed by atoms with E-state index in [2.05, 4.69) is 31.4 Å². The van der Waals surface area contributed by atoms with Crippen molar-refractivity contribution in [2.24, 2.45) is 0 Å². The molecule has 0 radical (unpaired) electrons. The number of alkyl halides is 2. The van der Waals surface area contributed by atoms with E-state index in [4.69, 9.17) is 0 Å². The van der Waals surface area contributed by atoms with Crippen molar-refractivity contribution in [2.45, 2.75) is 18.9 Å². The number of carbonyl (C=O) groups excluding carboxylic acids is 1. The first-order valence-electron chi connectivity index (χ1n) is 4.77. The third-order valence-electron chi connectivity index (χ3n) is 2.35. The molecule has 0 bridgehead atoms. The number of aromatic nitrogens is 2. The van der Waals surface area contributed by atoms with Gasteiger partial charge < -0.3 is 10.2 Å². The highest BCUT2D eigenvalue weighted by atomic mass is 79.9. The lowest BCUT2D eigenvalue weighted by Gasteiger charge is -2.17. The van der Waals surface area contributed by atoms with Gasteiger partial charge in [-0.05, 0) is 15.9 Å². The molecule has 0 saturated carbocycles. The molecule has 9 heteroatoms. The predicted octanol–water partition coefficient (Wildman–Crippen LogP) is 1.26. The summed E-state index contributed by atoms with van der Waals surface area (Å²) in [4.78, 5) is 12.3. The summed E-state index contributed by atoms with van der Waals surface area (Å²) in [5.41, 5.74) is 0. The first kappa shape index (κ1) is 12.6. The highest BCUT2D eigenvalue weighted by Crippen LogP contribution is 2.33. The molecule has 2 rings (SSSR count). The number of anilines is 1. The topological polar surface area (TPSA) is 58.1 Å². The predicted molar refractivity (Wildman–Crippen MR) is 62.4 cm³/mol. The number of amides is 1. The Bertz CT molecular complexity index is 441. The fourth-order valence-corrected chi connectivity index (χ4v) is 2.75. The van der Waals surface area contributed by atoms with E-state index < -0.39 is 24.4 Å². The average molecular weight is 327 g/mol. The molecule has 0 aromatic carbocycles. The van der Waals surface area contributed by atoms with Crippen LogP contribution < -0.4 is 10.2 Å². The second-order valence-corrected chi connectivity index (χ2v) is 5.96. The number of hydrogen-bond donors (Lipinski definition) is 1. The second-order valence-electron chi connectivity index (χ2n) is 3.73. The van der Waals surface area contributed by atoms with Crippen LogP contribution in [0, 0.1) is 0 Å². The molecule has 1 unspecified atom stereocenters. The summed E-state index contributed by atoms with van der Waals surface area (Å²) in [5, 5.41) is 10.2. The van der Waals surface area contributed by atoms with Crippen LogP contribution in [0.4, 0.5) is 13.9 Å². The van der Waals surface area contributed by atoms with Crippen LogP contribution in [0.1, 0.15) is 6.92 Å². The second kappa shape index (κ2) is 4.45. The van der Waals surface area contributed by atoms with E-state index in [0.717, 1.165) is 0 Å². The van der Waals surface area contributed by atoms with Crippen molar-refractivity contribution in [2.75, 3.05) is 18.0 Å². The van der Waals surface area contributed by atoms with Crippen molar-refractivity contribution >= 4 is 38.3 Å². The summed E-state index contributed by atoms with van der Waals surface area (Å²) in [6.07, 6.45) is 0. The maximum atomic E-state index is 13.6. The molecule has 1 amide bonds. The minimum Gasteiger partial charge on any atom is -0.346 e. The monoisotopic (exact) mass is 326 g/mol. The van der Waals surface area contributed by atoms with Gasteiger partial charge in [-0.3, -0.25) is 4.79 Å². The van der Waals surface area contributed by atoms with E-state index in [1.807, 2.05) is 0 Å². The van der Waals surface area contributed by atoms with Crippen LogP contribution in [-0.2, 0) is 4.79 Å². The molecule has 0 aliphatic carbocycles. The lowest BCUT2D eigenvalue weighted by atomic mass is 10.2. The summed E-state index contributed by atoms with van der Waals surface area (Å²) in [5.74, 6) is -3.42. The normalized spacial score (nSPS) is 22.8. The lowest BCUT2D eigenvalue weighted by Crippen LogP contribution is -2.45. The molecule has 1 aromatic heterocycles. The molecule has 2 heterocycles. The average Bonchev–Trinajstić information content (AvgIpc) is 2.71. The molecule has 1 fully saturated rings. The zero-order valence-electron chi connectivity index (χ0n) is 8.78. The van der Waals surface area contributed by atoms with E-state index >= 15 is 0 Å². The van der Waals surface area contributed by atoms with Crippen LogP contribution in [0.15, 0.2) is 3.92 Å². The van der Waals surface area contributed by atoms with Crippen LogP contribution in [0.5, 0.6) is 0 Å². The zero-order chi connectivity index (χ0) is 12.6. The van der Waals surface area contributed by atoms with Gasteiger partial charge in [-0.1, -0.05) is 11.3 Å². The molecular formula is C8H9BrF2N4OS. The molecule has 17 heavy (non-hydrogen) atoms. The summed E-state index contributed by atoms with van der Waals surface area (Å²) >= 11 is 4.31. The molecule has 1 N–H and O–H groups in total. The molecule has 1 atom stereocenters. The van der Waals surface area contributed by atoms with Crippen molar-refractivity contribution < 1.29 is 13.6 Å². The molecular weight excluding hydrogens is 318 g/mol. The minimum atomic E-state index is -2.95. The Hall–Kier alpha value is -0.830. The third kappa shape index (κ3) is 2.71. The largest absolute Gasteiger partial charge is 0.346 e. The number of hydrogen-bond acceptors (Lipinski definition) is 5. The molecule has 1 saturated heterocycles. The van der Waals surface area contributed by atoms with Gasteiger partial charge in [0.2, 0.25) is 11.0 Å². The summed E-state index contributed by atoms with van der Waals surface area (Å²) in [6.45, 7) is 0.800. The maximum Gasteiger partial charge on any atom is 0.286 e. The molecule has 0 spiro atoms. The van der Waals surface area contributed by atoms with Crippen molar-refractivity contribution in [3.63, 3.8) is 0 Å². The van der Waals surface area contributed by atoms with Crippen molar-refractivity contribution in [1.82, 2.24) is 15.5 Å². The van der Waals surface area contributed by atoms with Crippen LogP contribution in [-0.4, -0.2) is 41.2 Å². The van der Waals surface area contributed by atoms with E-state index in [9.17, 15) is 13.6 Å². The molecule has 1 aromatic rings. The highest BCUT2D eigenvalue weighted by molar-refractivity contribution is 9.11. The van der Waals surface area contributed by atoms with Crippen LogP contribution in [0.25, 0.3) is 0 Å². The molecule has 94 valence electrons. The van der Waals surface area contributed by atoms with Gasteiger partial charge in [0, 0.05) is 13.5 Å². The minimum absolute atomic E-state index is 0.0359. The standard InChI is InChI=1S/C8H9BrF2N4OS/c1-4(16)12-5-2-15(3-8(5,10)11)7-14-13-6(9)17-7/h5H,2-3H2,1H3,(H,12,16). The maximum absolute atomic E-state index is 13.6. The van der Waals surface area contributed by atoms with Crippen LogP contribution >= 0.6 is 27.3 Å². The van der Waals surface area contributed by atoms with Gasteiger partial charge in [-0.25, -0.2) is 8.78 Å². The van der Waals surface area contributed by atoms with E-state index in [-0.39, 0.29) is 6.54 Å². The van der Waals surface area contributed by atoms with Gasteiger partial charge in [0.15, 0.2) is 3.92 Å². The first-order valence-corrected chi connectivity index (χ1v) is 6.38. The van der Waals surface area contributed by atoms with E-state index in [0.29, 0.717) is 9.05 Å². The smallest absolute Gasteiger partial charge is 0.286 e. The fraction of sp³-hybridized carbons (Fsp3) is 0.625. The Morgan fingerprint density at radius 3 is 2.88 bits per heavy atom. The highest BCUT2D eigenvalue weighted by Gasteiger charge is 2.49. The van der Waals surface area contributed by atoms with Crippen molar-refractivity contribution in [1.29, 1.82) is 0 Å². The molecule has 5 nitrogen and oxygen atoms in total. The van der Waals surface area contributed by atoms with Gasteiger partial charge >= 0.3 is 0 Å². The quantitative estimate of drug-likeness (QED) is 0.889. The van der Waals surface area contributed by atoms with Crippen molar-refractivity contribution in [3.05, 3.63) is 3.92 Å².